The Kier molecular flexibility index (Phi) is 11.0. The Bertz CT molecular complexity index is 917. The molecule has 2 unspecified atom stereocenters. The molecule has 1 aliphatic heterocycles. The molecule has 0 aromatic heterocycles. The van der Waals surface area contributed by atoms with E-state index in [4.69, 9.17) is 4.74 Å². The largest absolute Gasteiger partial charge is 0.460 e. The summed E-state index contributed by atoms with van der Waals surface area (Å²) in [5.41, 5.74) is -0.899. The molecule has 8 nitrogen and oxygen atoms in total. The number of likely N-dealkylation sites (tertiary alicyclic amines) is 1. The summed E-state index contributed by atoms with van der Waals surface area (Å²) < 4.78 is 99.4. The van der Waals surface area contributed by atoms with E-state index in [-0.39, 0.29) is 19.4 Å². The number of Topliss-reactive ketones (excluding diaryl/α,β-unsaturated/α-hetero) is 1. The normalized spacial score (nSPS) is 19.4. The number of ether oxygens (including phenoxy) is 1. The molecule has 0 radical (unpaired) electrons. The first-order valence-corrected chi connectivity index (χ1v) is 12.4. The number of nitrogens with one attached hydrogen (secondary N) is 2. The molecule has 0 saturated carbocycles. The number of alkyl carbamates (subject to hydrolysis) is 1. The molecule has 15 heteroatoms. The van der Waals surface area contributed by atoms with E-state index in [1.165, 1.54) is 13.8 Å². The Morgan fingerprint density at radius 2 is 1.41 bits per heavy atom. The first kappa shape index (κ1) is 34.6. The van der Waals surface area contributed by atoms with Gasteiger partial charge in [-0.3, -0.25) is 24.6 Å². The highest BCUT2D eigenvalue weighted by Gasteiger charge is 2.77. The number of amides is 3. The van der Waals surface area contributed by atoms with Gasteiger partial charge < -0.3 is 10.1 Å². The smallest absolute Gasteiger partial charge is 0.444 e. The van der Waals surface area contributed by atoms with Crippen LogP contribution in [0.2, 0.25) is 0 Å². The van der Waals surface area contributed by atoms with Crippen LogP contribution in [0.25, 0.3) is 0 Å². The van der Waals surface area contributed by atoms with Gasteiger partial charge in [0.2, 0.25) is 17.6 Å². The molecule has 0 aliphatic carbocycles. The van der Waals surface area contributed by atoms with Gasteiger partial charge in [-0.1, -0.05) is 34.1 Å². The zero-order chi connectivity index (χ0) is 30.7. The maximum atomic E-state index is 14.4. The molecular formula is C24H36F7N3O5. The van der Waals surface area contributed by atoms with E-state index in [0.717, 1.165) is 4.90 Å². The van der Waals surface area contributed by atoms with Gasteiger partial charge in [-0.05, 0) is 52.0 Å². The summed E-state index contributed by atoms with van der Waals surface area (Å²) in [7, 11) is 0. The van der Waals surface area contributed by atoms with Crippen molar-refractivity contribution in [1.82, 2.24) is 15.5 Å². The topological polar surface area (TPSA) is 105 Å². The van der Waals surface area contributed by atoms with E-state index in [1.807, 2.05) is 5.32 Å². The van der Waals surface area contributed by atoms with Crippen LogP contribution >= 0.6 is 0 Å². The summed E-state index contributed by atoms with van der Waals surface area (Å²) in [4.78, 5) is 51.5. The minimum absolute atomic E-state index is 0.0946. The molecule has 39 heavy (non-hydrogen) atoms. The van der Waals surface area contributed by atoms with Crippen molar-refractivity contribution < 1.29 is 54.6 Å². The van der Waals surface area contributed by atoms with Gasteiger partial charge in [0.1, 0.15) is 11.6 Å². The number of imide groups is 1. The molecule has 0 aromatic carbocycles. The summed E-state index contributed by atoms with van der Waals surface area (Å²) in [5, 5.41) is 4.36. The van der Waals surface area contributed by atoms with Gasteiger partial charge in [0.25, 0.3) is 0 Å². The van der Waals surface area contributed by atoms with Crippen LogP contribution in [0.4, 0.5) is 35.5 Å². The van der Waals surface area contributed by atoms with E-state index in [2.05, 4.69) is 5.32 Å². The summed E-state index contributed by atoms with van der Waals surface area (Å²) in [6, 6.07) is -4.94. The molecule has 3 amide bonds. The lowest BCUT2D eigenvalue weighted by molar-refractivity contribution is -0.344. The van der Waals surface area contributed by atoms with Gasteiger partial charge in [-0.2, -0.15) is 30.7 Å². The predicted molar refractivity (Wildman–Crippen MR) is 125 cm³/mol. The molecule has 226 valence electrons. The number of alkyl halides is 7. The molecule has 1 rings (SSSR count). The fourth-order valence-corrected chi connectivity index (χ4v) is 4.18. The Hall–Kier alpha value is -2.45. The number of carbonyl (C=O) groups excluding carboxylic acids is 4. The van der Waals surface area contributed by atoms with E-state index in [0.29, 0.717) is 6.42 Å². The second-order valence-electron chi connectivity index (χ2n) is 11.2. The molecular weight excluding hydrogens is 543 g/mol. The fraction of sp³-hybridized carbons (Fsp3) is 0.833. The predicted octanol–water partition coefficient (Wildman–Crippen LogP) is 4.46. The Morgan fingerprint density at radius 3 is 1.85 bits per heavy atom. The molecule has 1 saturated heterocycles. The van der Waals surface area contributed by atoms with Gasteiger partial charge in [-0.15, -0.1) is 0 Å². The van der Waals surface area contributed by atoms with Crippen LogP contribution in [-0.2, 0) is 19.1 Å². The summed E-state index contributed by atoms with van der Waals surface area (Å²) in [6.07, 6.45) is -7.21. The molecule has 0 spiro atoms. The number of hydrogen-bond donors (Lipinski definition) is 2. The van der Waals surface area contributed by atoms with Crippen LogP contribution in [0.1, 0.15) is 67.7 Å². The standard InChI is InChI=1S/C24H36F7N3O5/c1-12(2)15(32-20(38)39-21(5,6)7)19(37)33-18(36)14-10-8-9-11-34(14)16(13(3)4)17(35)22(25,26)23(27,28)24(29,30)31/h12-16H,8-11H2,1-7H3,(H,32,38)(H,33,36,37)/t14?,15-,16?/m0/s1. The van der Waals surface area contributed by atoms with Crippen molar-refractivity contribution in [1.29, 1.82) is 0 Å². The minimum atomic E-state index is -6.70. The number of piperidine rings is 1. The second kappa shape index (κ2) is 12.4. The van der Waals surface area contributed by atoms with E-state index in [9.17, 15) is 49.9 Å². The molecule has 3 atom stereocenters. The lowest BCUT2D eigenvalue weighted by atomic mass is 9.87. The van der Waals surface area contributed by atoms with Crippen molar-refractivity contribution in [3.63, 3.8) is 0 Å². The molecule has 1 aliphatic rings. The molecule has 2 N–H and O–H groups in total. The lowest BCUT2D eigenvalue weighted by Crippen LogP contribution is -2.65. The summed E-state index contributed by atoms with van der Waals surface area (Å²) in [5.74, 6) is -19.3. The van der Waals surface area contributed by atoms with Gasteiger partial charge in [-0.25, -0.2) is 4.79 Å². The van der Waals surface area contributed by atoms with E-state index in [1.54, 1.807) is 34.6 Å². The number of rotatable bonds is 9. The van der Waals surface area contributed by atoms with Gasteiger partial charge in [0.15, 0.2) is 0 Å². The molecule has 0 bridgehead atoms. The molecule has 0 aromatic rings. The number of hydrogen-bond acceptors (Lipinski definition) is 6. The zero-order valence-electron chi connectivity index (χ0n) is 22.8. The highest BCUT2D eigenvalue weighted by atomic mass is 19.4. The van der Waals surface area contributed by atoms with Gasteiger partial charge >= 0.3 is 24.1 Å². The average Bonchev–Trinajstić information content (AvgIpc) is 2.75. The maximum Gasteiger partial charge on any atom is 0.460 e. The van der Waals surface area contributed by atoms with Crippen LogP contribution in [0.15, 0.2) is 0 Å². The van der Waals surface area contributed by atoms with Gasteiger partial charge in [0, 0.05) is 0 Å². The van der Waals surface area contributed by atoms with Crippen LogP contribution in [0.3, 0.4) is 0 Å². The Balaban J connectivity index is 3.25. The Morgan fingerprint density at radius 1 is 0.872 bits per heavy atom. The van der Waals surface area contributed by atoms with Crippen LogP contribution < -0.4 is 10.6 Å². The van der Waals surface area contributed by atoms with Crippen molar-refractivity contribution >= 4 is 23.7 Å². The van der Waals surface area contributed by atoms with E-state index >= 15 is 0 Å². The zero-order valence-corrected chi connectivity index (χ0v) is 22.8. The van der Waals surface area contributed by atoms with Crippen molar-refractivity contribution in [3.05, 3.63) is 0 Å². The van der Waals surface area contributed by atoms with Crippen LogP contribution in [0.5, 0.6) is 0 Å². The molecule has 1 heterocycles. The summed E-state index contributed by atoms with van der Waals surface area (Å²) >= 11 is 0. The first-order chi connectivity index (χ1) is 17.5. The van der Waals surface area contributed by atoms with E-state index < -0.39 is 77.3 Å². The van der Waals surface area contributed by atoms with Crippen LogP contribution in [-0.4, -0.2) is 76.9 Å². The van der Waals surface area contributed by atoms with Crippen LogP contribution in [0, 0.1) is 11.8 Å². The highest BCUT2D eigenvalue weighted by molar-refractivity contribution is 6.01. The summed E-state index contributed by atoms with van der Waals surface area (Å²) in [6.45, 7) is 9.93. The second-order valence-corrected chi connectivity index (χ2v) is 11.2. The highest BCUT2D eigenvalue weighted by Crippen LogP contribution is 2.48. The minimum Gasteiger partial charge on any atom is -0.444 e. The van der Waals surface area contributed by atoms with Crippen molar-refractivity contribution in [2.75, 3.05) is 6.54 Å². The third-order valence-electron chi connectivity index (χ3n) is 6.03. The fourth-order valence-electron chi connectivity index (χ4n) is 4.18. The van der Waals surface area contributed by atoms with Crippen molar-refractivity contribution in [3.8, 4) is 0 Å². The SMILES string of the molecule is CC(C)C(C(=O)C(F)(F)C(F)(F)C(F)(F)F)N1CCCCC1C(=O)NC(=O)[C@@H](NC(=O)OC(C)(C)C)C(C)C. The number of nitrogens with zero attached hydrogens (tertiary/aromatic N) is 1. The average molecular weight is 580 g/mol. The lowest BCUT2D eigenvalue weighted by Gasteiger charge is -2.42. The third-order valence-corrected chi connectivity index (χ3v) is 6.03. The number of halogens is 7. The number of ketones is 1. The first-order valence-electron chi connectivity index (χ1n) is 12.4. The number of carbonyl (C=O) groups is 4. The molecule has 1 fully saturated rings. The van der Waals surface area contributed by atoms with Crippen molar-refractivity contribution in [2.45, 2.75) is 109 Å². The van der Waals surface area contributed by atoms with Gasteiger partial charge in [0.05, 0.1) is 12.1 Å². The third kappa shape index (κ3) is 8.27. The quantitative estimate of drug-likeness (QED) is 0.391. The Labute approximate surface area is 222 Å². The van der Waals surface area contributed by atoms with Crippen molar-refractivity contribution in [2.24, 2.45) is 11.8 Å². The monoisotopic (exact) mass is 579 g/mol. The maximum absolute atomic E-state index is 14.4.